The zero-order valence-corrected chi connectivity index (χ0v) is 8.83. The molecule has 2 nitrogen and oxygen atoms in total. The monoisotopic (exact) mass is 188 g/mol. The molecular weight excluding hydrogens is 172 g/mol. The molecule has 2 heterocycles. The second-order valence-corrected chi connectivity index (χ2v) is 3.91. The highest BCUT2D eigenvalue weighted by Crippen LogP contribution is 2.19. The van der Waals surface area contributed by atoms with Crippen molar-refractivity contribution >= 4 is 5.57 Å². The van der Waals surface area contributed by atoms with E-state index in [1.165, 1.54) is 5.57 Å². The van der Waals surface area contributed by atoms with Crippen LogP contribution in [0.3, 0.4) is 0 Å². The third kappa shape index (κ3) is 2.02. The van der Waals surface area contributed by atoms with Crippen molar-refractivity contribution in [2.24, 2.45) is 0 Å². The predicted molar refractivity (Wildman–Crippen MR) is 59.1 cm³/mol. The van der Waals surface area contributed by atoms with Gasteiger partial charge in [0.15, 0.2) is 0 Å². The minimum absolute atomic E-state index is 1.05. The van der Waals surface area contributed by atoms with Gasteiger partial charge in [-0.15, -0.1) is 0 Å². The minimum atomic E-state index is 1.05. The number of nitrogens with zero attached hydrogens (tertiary/aromatic N) is 2. The minimum Gasteiger partial charge on any atom is -0.302 e. The summed E-state index contributed by atoms with van der Waals surface area (Å²) in [6.07, 6.45) is 3.40. The molecule has 2 rings (SSSR count). The Kier molecular flexibility index (Phi) is 2.64. The van der Waals surface area contributed by atoms with Gasteiger partial charge in [0.1, 0.15) is 0 Å². The van der Waals surface area contributed by atoms with Crippen molar-refractivity contribution in [1.82, 2.24) is 9.88 Å². The molecule has 0 atom stereocenters. The number of aryl methyl sites for hydroxylation is 1. The van der Waals surface area contributed by atoms with Crippen molar-refractivity contribution in [3.63, 3.8) is 0 Å². The third-order valence-corrected chi connectivity index (χ3v) is 2.63. The smallest absolute Gasteiger partial charge is 0.0662 e. The molecule has 0 fully saturated rings. The van der Waals surface area contributed by atoms with Gasteiger partial charge in [-0.25, -0.2) is 0 Å². The summed E-state index contributed by atoms with van der Waals surface area (Å²) in [7, 11) is 2.15. The summed E-state index contributed by atoms with van der Waals surface area (Å²) in [6, 6.07) is 6.22. The quantitative estimate of drug-likeness (QED) is 0.671. The first-order valence-corrected chi connectivity index (χ1v) is 5.07. The number of rotatable bonds is 1. The molecular formula is C12H16N2. The molecule has 0 N–H and O–H groups in total. The van der Waals surface area contributed by atoms with Crippen molar-refractivity contribution in [2.75, 3.05) is 20.1 Å². The Hall–Kier alpha value is -1.15. The van der Waals surface area contributed by atoms with E-state index in [0.717, 1.165) is 30.9 Å². The molecule has 1 aromatic heterocycles. The Morgan fingerprint density at radius 1 is 1.36 bits per heavy atom. The van der Waals surface area contributed by atoms with Crippen LogP contribution in [0.1, 0.15) is 17.8 Å². The Labute approximate surface area is 85.3 Å². The second kappa shape index (κ2) is 3.93. The van der Waals surface area contributed by atoms with E-state index >= 15 is 0 Å². The summed E-state index contributed by atoms with van der Waals surface area (Å²) >= 11 is 0. The number of hydrogen-bond acceptors (Lipinski definition) is 2. The lowest BCUT2D eigenvalue weighted by molar-refractivity contribution is 0.369. The van der Waals surface area contributed by atoms with E-state index in [1.54, 1.807) is 0 Å². The molecule has 0 bridgehead atoms. The fourth-order valence-corrected chi connectivity index (χ4v) is 1.73. The zero-order valence-electron chi connectivity index (χ0n) is 8.83. The van der Waals surface area contributed by atoms with E-state index in [9.17, 15) is 0 Å². The lowest BCUT2D eigenvalue weighted by Gasteiger charge is -2.21. The highest BCUT2D eigenvalue weighted by molar-refractivity contribution is 5.63. The molecule has 1 aliphatic rings. The standard InChI is InChI=1S/C12H16N2/c1-10-4-3-5-12(13-10)11-6-8-14(2)9-7-11/h3-6H,7-9H2,1-2H3. The number of pyridine rings is 1. The molecule has 0 radical (unpaired) electrons. The Bertz CT molecular complexity index is 355. The largest absolute Gasteiger partial charge is 0.302 e. The van der Waals surface area contributed by atoms with Gasteiger partial charge >= 0.3 is 0 Å². The van der Waals surface area contributed by atoms with Gasteiger partial charge in [-0.1, -0.05) is 12.1 Å². The number of aromatic nitrogens is 1. The Balaban J connectivity index is 2.23. The second-order valence-electron chi connectivity index (χ2n) is 3.91. The van der Waals surface area contributed by atoms with Gasteiger partial charge in [-0.2, -0.15) is 0 Å². The van der Waals surface area contributed by atoms with E-state index in [-0.39, 0.29) is 0 Å². The van der Waals surface area contributed by atoms with Crippen LogP contribution >= 0.6 is 0 Å². The molecule has 2 heteroatoms. The molecule has 14 heavy (non-hydrogen) atoms. The average molecular weight is 188 g/mol. The van der Waals surface area contributed by atoms with Gasteiger partial charge in [0.25, 0.3) is 0 Å². The van der Waals surface area contributed by atoms with Crippen LogP contribution in [-0.2, 0) is 0 Å². The summed E-state index contributed by atoms with van der Waals surface area (Å²) < 4.78 is 0. The van der Waals surface area contributed by atoms with Crippen LogP contribution in [0.2, 0.25) is 0 Å². The predicted octanol–water partition coefficient (Wildman–Crippen LogP) is 2.11. The molecule has 0 amide bonds. The Morgan fingerprint density at radius 3 is 2.86 bits per heavy atom. The van der Waals surface area contributed by atoms with Gasteiger partial charge in [-0.05, 0) is 38.1 Å². The summed E-state index contributed by atoms with van der Waals surface area (Å²) in [5.74, 6) is 0. The topological polar surface area (TPSA) is 16.1 Å². The van der Waals surface area contributed by atoms with Crippen LogP contribution in [0.5, 0.6) is 0 Å². The van der Waals surface area contributed by atoms with E-state index in [4.69, 9.17) is 0 Å². The van der Waals surface area contributed by atoms with E-state index in [2.05, 4.69) is 35.1 Å². The third-order valence-electron chi connectivity index (χ3n) is 2.63. The highest BCUT2D eigenvalue weighted by Gasteiger charge is 2.09. The van der Waals surface area contributed by atoms with E-state index in [0.29, 0.717) is 0 Å². The average Bonchev–Trinajstić information content (AvgIpc) is 2.19. The molecule has 0 aromatic carbocycles. The fraction of sp³-hybridized carbons (Fsp3) is 0.417. The van der Waals surface area contributed by atoms with E-state index in [1.807, 2.05) is 13.0 Å². The van der Waals surface area contributed by atoms with Gasteiger partial charge in [0.2, 0.25) is 0 Å². The summed E-state index contributed by atoms with van der Waals surface area (Å²) in [5, 5.41) is 0. The van der Waals surface area contributed by atoms with Crippen LogP contribution in [0.4, 0.5) is 0 Å². The molecule has 0 saturated heterocycles. The van der Waals surface area contributed by atoms with Gasteiger partial charge < -0.3 is 4.90 Å². The first kappa shape index (κ1) is 9.41. The zero-order chi connectivity index (χ0) is 9.97. The summed E-state index contributed by atoms with van der Waals surface area (Å²) in [6.45, 7) is 4.23. The highest BCUT2D eigenvalue weighted by atomic mass is 15.1. The number of hydrogen-bond donors (Lipinski definition) is 0. The van der Waals surface area contributed by atoms with Gasteiger partial charge in [0.05, 0.1) is 5.69 Å². The van der Waals surface area contributed by atoms with Crippen molar-refractivity contribution in [1.29, 1.82) is 0 Å². The van der Waals surface area contributed by atoms with Gasteiger partial charge in [-0.3, -0.25) is 4.98 Å². The van der Waals surface area contributed by atoms with Crippen molar-refractivity contribution in [3.05, 3.63) is 35.7 Å². The van der Waals surface area contributed by atoms with Crippen molar-refractivity contribution in [2.45, 2.75) is 13.3 Å². The van der Waals surface area contributed by atoms with Crippen molar-refractivity contribution < 1.29 is 0 Å². The van der Waals surface area contributed by atoms with Crippen LogP contribution in [0.15, 0.2) is 24.3 Å². The normalized spacial score (nSPS) is 18.0. The number of likely N-dealkylation sites (N-methyl/N-ethyl adjacent to an activating group) is 1. The van der Waals surface area contributed by atoms with Crippen LogP contribution in [-0.4, -0.2) is 30.0 Å². The lowest BCUT2D eigenvalue weighted by atomic mass is 10.0. The first-order chi connectivity index (χ1) is 6.75. The SMILES string of the molecule is Cc1cccc(C2=CCN(C)CC2)n1. The van der Waals surface area contributed by atoms with Crippen LogP contribution in [0.25, 0.3) is 5.57 Å². The molecule has 0 unspecified atom stereocenters. The van der Waals surface area contributed by atoms with Crippen LogP contribution < -0.4 is 0 Å². The molecule has 0 saturated carbocycles. The maximum absolute atomic E-state index is 4.54. The van der Waals surface area contributed by atoms with E-state index < -0.39 is 0 Å². The molecule has 1 aliphatic heterocycles. The summed E-state index contributed by atoms with van der Waals surface area (Å²) in [4.78, 5) is 6.85. The summed E-state index contributed by atoms with van der Waals surface area (Å²) in [5.41, 5.74) is 3.65. The maximum atomic E-state index is 4.54. The lowest BCUT2D eigenvalue weighted by Crippen LogP contribution is -2.23. The van der Waals surface area contributed by atoms with Gasteiger partial charge in [0, 0.05) is 18.8 Å². The fourth-order valence-electron chi connectivity index (χ4n) is 1.73. The molecule has 0 spiro atoms. The maximum Gasteiger partial charge on any atom is 0.0662 e. The molecule has 74 valence electrons. The molecule has 0 aliphatic carbocycles. The Morgan fingerprint density at radius 2 is 2.21 bits per heavy atom. The van der Waals surface area contributed by atoms with Crippen LogP contribution in [0, 0.1) is 6.92 Å². The van der Waals surface area contributed by atoms with Crippen molar-refractivity contribution in [3.8, 4) is 0 Å². The first-order valence-electron chi connectivity index (χ1n) is 5.07. The molecule has 1 aromatic rings.